The van der Waals surface area contributed by atoms with Crippen molar-refractivity contribution in [2.45, 2.75) is 32.6 Å². The van der Waals surface area contributed by atoms with Crippen molar-refractivity contribution < 1.29 is 14.4 Å². The average molecular weight is 397 g/mol. The second-order valence-electron chi connectivity index (χ2n) is 7.74. The molecular weight excluding hydrogens is 370 g/mol. The molecule has 3 amide bonds. The Kier molecular flexibility index (Phi) is 5.51. The van der Waals surface area contributed by atoms with E-state index in [0.29, 0.717) is 37.4 Å². The van der Waals surface area contributed by atoms with Gasteiger partial charge in [-0.3, -0.25) is 18.8 Å². The van der Waals surface area contributed by atoms with Crippen molar-refractivity contribution in [1.29, 1.82) is 0 Å². The molecule has 8 heteroatoms. The lowest BCUT2D eigenvalue weighted by Crippen LogP contribution is -2.50. The molecule has 0 saturated carbocycles. The molecule has 0 unspecified atom stereocenters. The number of carbonyl (C=O) groups excluding carboxylic acids is 3. The molecule has 2 aromatic heterocycles. The van der Waals surface area contributed by atoms with Crippen LogP contribution in [0.5, 0.6) is 0 Å². The number of rotatable bonds is 2. The smallest absolute Gasteiger partial charge is 0.290 e. The molecule has 0 atom stereocenters. The zero-order chi connectivity index (χ0) is 20.4. The summed E-state index contributed by atoms with van der Waals surface area (Å²) in [4.78, 5) is 47.7. The van der Waals surface area contributed by atoms with Crippen LogP contribution in [0, 0.1) is 0 Å². The van der Waals surface area contributed by atoms with Gasteiger partial charge in [-0.25, -0.2) is 4.98 Å². The van der Waals surface area contributed by atoms with Crippen LogP contribution in [-0.4, -0.2) is 81.1 Å². The van der Waals surface area contributed by atoms with E-state index in [1.165, 1.54) is 0 Å². The Morgan fingerprint density at radius 3 is 2.07 bits per heavy atom. The molecular formula is C21H27N5O3. The minimum atomic E-state index is -0.204. The first kappa shape index (κ1) is 19.4. The molecule has 8 nitrogen and oxygen atoms in total. The first-order valence-electron chi connectivity index (χ1n) is 10.4. The molecule has 2 fully saturated rings. The molecule has 2 aromatic rings. The fourth-order valence-electron chi connectivity index (χ4n) is 4.14. The summed E-state index contributed by atoms with van der Waals surface area (Å²) in [6.07, 6.45) is 6.07. The van der Waals surface area contributed by atoms with Crippen LogP contribution >= 0.6 is 0 Å². The SMILES string of the molecule is CC(=O)N1CCN(C(=O)c2nc(C(=O)N3CCCCCC3)c3ccccn23)CC1. The molecule has 154 valence electrons. The lowest BCUT2D eigenvalue weighted by molar-refractivity contribution is -0.130. The largest absolute Gasteiger partial charge is 0.339 e. The van der Waals surface area contributed by atoms with Crippen molar-refractivity contribution in [3.8, 4) is 0 Å². The summed E-state index contributed by atoms with van der Waals surface area (Å²) in [5.74, 6) is -0.0240. The highest BCUT2D eigenvalue weighted by atomic mass is 16.2. The number of carbonyl (C=O) groups is 3. The van der Waals surface area contributed by atoms with Gasteiger partial charge in [-0.1, -0.05) is 18.9 Å². The van der Waals surface area contributed by atoms with Crippen LogP contribution in [0.1, 0.15) is 53.7 Å². The lowest BCUT2D eigenvalue weighted by atomic mass is 10.2. The van der Waals surface area contributed by atoms with Crippen LogP contribution in [0.25, 0.3) is 5.52 Å². The average Bonchev–Trinajstić information content (AvgIpc) is 2.92. The van der Waals surface area contributed by atoms with Gasteiger partial charge >= 0.3 is 0 Å². The van der Waals surface area contributed by atoms with Crippen LogP contribution in [0.2, 0.25) is 0 Å². The summed E-state index contributed by atoms with van der Waals surface area (Å²) in [6.45, 7) is 4.99. The van der Waals surface area contributed by atoms with Gasteiger partial charge < -0.3 is 14.7 Å². The summed E-state index contributed by atoms with van der Waals surface area (Å²) >= 11 is 0. The van der Waals surface area contributed by atoms with Gasteiger partial charge in [0.1, 0.15) is 0 Å². The first-order chi connectivity index (χ1) is 14.1. The third kappa shape index (κ3) is 3.83. The third-order valence-electron chi connectivity index (χ3n) is 5.85. The summed E-state index contributed by atoms with van der Waals surface area (Å²) in [5.41, 5.74) is 1.01. The fourth-order valence-corrected chi connectivity index (χ4v) is 4.14. The Morgan fingerprint density at radius 2 is 1.41 bits per heavy atom. The minimum absolute atomic E-state index is 0.0219. The Labute approximate surface area is 170 Å². The number of nitrogens with zero attached hydrogens (tertiary/aromatic N) is 5. The van der Waals surface area contributed by atoms with Crippen molar-refractivity contribution in [3.63, 3.8) is 0 Å². The molecule has 0 radical (unpaired) electrons. The highest BCUT2D eigenvalue weighted by Crippen LogP contribution is 2.19. The standard InChI is InChI=1S/C21H27N5O3/c1-16(27)23-12-14-25(15-13-23)21(29)19-22-18(17-8-4-7-11-26(17)19)20(28)24-9-5-2-3-6-10-24/h4,7-8,11H,2-3,5-6,9-10,12-15H2,1H3. The zero-order valence-electron chi connectivity index (χ0n) is 16.8. The number of piperazine rings is 1. The molecule has 29 heavy (non-hydrogen) atoms. The van der Waals surface area contributed by atoms with Gasteiger partial charge in [-0.05, 0) is 25.0 Å². The van der Waals surface area contributed by atoms with E-state index in [2.05, 4.69) is 4.98 Å². The van der Waals surface area contributed by atoms with Crippen molar-refractivity contribution in [1.82, 2.24) is 24.1 Å². The van der Waals surface area contributed by atoms with E-state index in [9.17, 15) is 14.4 Å². The summed E-state index contributed by atoms with van der Waals surface area (Å²) in [6, 6.07) is 5.53. The molecule has 0 spiro atoms. The minimum Gasteiger partial charge on any atom is -0.339 e. The number of aromatic nitrogens is 2. The Hall–Kier alpha value is -2.90. The lowest BCUT2D eigenvalue weighted by Gasteiger charge is -2.33. The van der Waals surface area contributed by atoms with Gasteiger partial charge in [0.05, 0.1) is 5.52 Å². The van der Waals surface area contributed by atoms with Gasteiger partial charge in [0.2, 0.25) is 11.7 Å². The molecule has 2 aliphatic heterocycles. The van der Waals surface area contributed by atoms with Gasteiger partial charge in [-0.2, -0.15) is 0 Å². The predicted molar refractivity (Wildman–Crippen MR) is 108 cm³/mol. The maximum atomic E-state index is 13.2. The number of fused-ring (bicyclic) bond motifs is 1. The van der Waals surface area contributed by atoms with E-state index in [1.54, 1.807) is 27.3 Å². The highest BCUT2D eigenvalue weighted by Gasteiger charge is 2.29. The summed E-state index contributed by atoms with van der Waals surface area (Å²) in [7, 11) is 0. The van der Waals surface area contributed by atoms with Crippen LogP contribution < -0.4 is 0 Å². The molecule has 2 saturated heterocycles. The first-order valence-corrected chi connectivity index (χ1v) is 10.4. The van der Waals surface area contributed by atoms with Crippen molar-refractivity contribution in [2.75, 3.05) is 39.3 Å². The van der Waals surface area contributed by atoms with E-state index in [1.807, 2.05) is 23.1 Å². The van der Waals surface area contributed by atoms with E-state index in [-0.39, 0.29) is 23.5 Å². The number of hydrogen-bond acceptors (Lipinski definition) is 4. The van der Waals surface area contributed by atoms with Crippen LogP contribution in [0.3, 0.4) is 0 Å². The second kappa shape index (κ2) is 8.23. The third-order valence-corrected chi connectivity index (χ3v) is 5.85. The van der Waals surface area contributed by atoms with Gasteiger partial charge in [0, 0.05) is 52.4 Å². The normalized spacial score (nSPS) is 18.0. The van der Waals surface area contributed by atoms with E-state index < -0.39 is 0 Å². The van der Waals surface area contributed by atoms with Crippen LogP contribution in [0.4, 0.5) is 0 Å². The number of pyridine rings is 1. The Bertz CT molecular complexity index is 922. The predicted octanol–water partition coefficient (Wildman–Crippen LogP) is 1.65. The number of hydrogen-bond donors (Lipinski definition) is 0. The van der Waals surface area contributed by atoms with Crippen molar-refractivity contribution >= 4 is 23.2 Å². The molecule has 0 aromatic carbocycles. The summed E-state index contributed by atoms with van der Waals surface area (Å²) in [5, 5.41) is 0. The van der Waals surface area contributed by atoms with Gasteiger partial charge in [-0.15, -0.1) is 0 Å². The second-order valence-corrected chi connectivity index (χ2v) is 7.74. The molecule has 0 bridgehead atoms. The molecule has 0 aliphatic carbocycles. The topological polar surface area (TPSA) is 78.2 Å². The van der Waals surface area contributed by atoms with Crippen LogP contribution in [0.15, 0.2) is 24.4 Å². The Morgan fingerprint density at radius 1 is 0.793 bits per heavy atom. The Balaban J connectivity index is 1.61. The zero-order valence-corrected chi connectivity index (χ0v) is 16.8. The molecule has 2 aliphatic rings. The van der Waals surface area contributed by atoms with Gasteiger partial charge in [0.15, 0.2) is 5.69 Å². The molecule has 4 rings (SSSR count). The number of imidazole rings is 1. The summed E-state index contributed by atoms with van der Waals surface area (Å²) < 4.78 is 1.71. The van der Waals surface area contributed by atoms with E-state index in [4.69, 9.17) is 0 Å². The van der Waals surface area contributed by atoms with E-state index in [0.717, 1.165) is 38.8 Å². The fraction of sp³-hybridized carbons (Fsp3) is 0.524. The van der Waals surface area contributed by atoms with E-state index >= 15 is 0 Å². The quantitative estimate of drug-likeness (QED) is 0.772. The van der Waals surface area contributed by atoms with Gasteiger partial charge in [0.25, 0.3) is 11.8 Å². The van der Waals surface area contributed by atoms with Crippen LogP contribution in [-0.2, 0) is 4.79 Å². The molecule has 0 N–H and O–H groups in total. The molecule has 4 heterocycles. The maximum Gasteiger partial charge on any atom is 0.290 e. The van der Waals surface area contributed by atoms with Crippen molar-refractivity contribution in [2.24, 2.45) is 0 Å². The highest BCUT2D eigenvalue weighted by molar-refractivity contribution is 6.02. The van der Waals surface area contributed by atoms with Crippen molar-refractivity contribution in [3.05, 3.63) is 35.9 Å². The monoisotopic (exact) mass is 397 g/mol. The number of likely N-dealkylation sites (tertiary alicyclic amines) is 1. The number of amides is 3. The maximum absolute atomic E-state index is 13.2.